The average Bonchev–Trinajstić information content (AvgIpc) is 2.95. The van der Waals surface area contributed by atoms with Gasteiger partial charge in [0.25, 0.3) is 0 Å². The number of ether oxygens (including phenoxy) is 2. The predicted octanol–water partition coefficient (Wildman–Crippen LogP) is 4.14. The number of aliphatic carboxylic acids is 1. The van der Waals surface area contributed by atoms with Gasteiger partial charge in [-0.05, 0) is 59.7 Å². The van der Waals surface area contributed by atoms with Gasteiger partial charge in [-0.3, -0.25) is 4.79 Å². The third-order valence-electron chi connectivity index (χ3n) is 6.61. The van der Waals surface area contributed by atoms with Crippen molar-refractivity contribution in [2.45, 2.75) is 30.4 Å². The molecule has 1 amide bonds. The highest BCUT2D eigenvalue weighted by Gasteiger charge is 2.36. The fourth-order valence-electron chi connectivity index (χ4n) is 4.42. The Hall–Kier alpha value is -3.89. The maximum Gasteiger partial charge on any atom is 0.410 e. The summed E-state index contributed by atoms with van der Waals surface area (Å²) in [6.45, 7) is 0.703. The van der Waals surface area contributed by atoms with Crippen molar-refractivity contribution in [1.29, 1.82) is 0 Å². The van der Waals surface area contributed by atoms with E-state index in [0.29, 0.717) is 18.6 Å². The van der Waals surface area contributed by atoms with Gasteiger partial charge in [0.1, 0.15) is 18.4 Å². The number of nitrogens with one attached hydrogen (secondary N) is 1. The molecular formula is C28H30N2O7S. The molecule has 0 saturated carbocycles. The molecule has 3 aromatic carbocycles. The highest BCUT2D eigenvalue weighted by molar-refractivity contribution is 7.89. The zero-order valence-corrected chi connectivity index (χ0v) is 21.8. The number of methoxy groups -OCH3 is 1. The summed E-state index contributed by atoms with van der Waals surface area (Å²) in [6, 6.07) is 21.6. The van der Waals surface area contributed by atoms with E-state index >= 15 is 0 Å². The number of amides is 1. The van der Waals surface area contributed by atoms with Crippen LogP contribution in [0.4, 0.5) is 4.79 Å². The SMILES string of the molecule is COc1ccc(-c2ccc(S(=O)(=O)NC(C(=O)O)C3CCN(C(=O)OCc4ccccc4)CC3)cc2)cc1. The number of hydrogen-bond acceptors (Lipinski definition) is 6. The van der Waals surface area contributed by atoms with Crippen LogP contribution >= 0.6 is 0 Å². The molecule has 4 rings (SSSR count). The maximum atomic E-state index is 13.0. The molecule has 1 heterocycles. The number of carbonyl (C=O) groups is 2. The Kier molecular flexibility index (Phi) is 8.65. The Balaban J connectivity index is 1.35. The van der Waals surface area contributed by atoms with Gasteiger partial charge >= 0.3 is 12.1 Å². The molecule has 10 heteroatoms. The summed E-state index contributed by atoms with van der Waals surface area (Å²) in [5, 5.41) is 9.81. The number of piperidine rings is 1. The van der Waals surface area contributed by atoms with Gasteiger partial charge in [-0.15, -0.1) is 0 Å². The van der Waals surface area contributed by atoms with Gasteiger partial charge < -0.3 is 19.5 Å². The van der Waals surface area contributed by atoms with Crippen LogP contribution in [0.3, 0.4) is 0 Å². The quantitative estimate of drug-likeness (QED) is 0.420. The first-order valence-corrected chi connectivity index (χ1v) is 13.7. The molecule has 0 bridgehead atoms. The van der Waals surface area contributed by atoms with Crippen LogP contribution in [0.2, 0.25) is 0 Å². The van der Waals surface area contributed by atoms with E-state index < -0.39 is 34.0 Å². The Bertz CT molecular complexity index is 1340. The molecule has 0 spiro atoms. The predicted molar refractivity (Wildman–Crippen MR) is 141 cm³/mol. The summed E-state index contributed by atoms with van der Waals surface area (Å²) >= 11 is 0. The summed E-state index contributed by atoms with van der Waals surface area (Å²) in [5.41, 5.74) is 2.57. The van der Waals surface area contributed by atoms with E-state index in [0.717, 1.165) is 16.7 Å². The molecule has 3 aromatic rings. The van der Waals surface area contributed by atoms with Crippen molar-refractivity contribution in [3.05, 3.63) is 84.4 Å². The van der Waals surface area contributed by atoms with Crippen LogP contribution in [0.25, 0.3) is 11.1 Å². The fraction of sp³-hybridized carbons (Fsp3) is 0.286. The lowest BCUT2D eigenvalue weighted by Gasteiger charge is -2.34. The monoisotopic (exact) mass is 538 g/mol. The number of benzene rings is 3. The third-order valence-corrected chi connectivity index (χ3v) is 8.07. The van der Waals surface area contributed by atoms with Crippen molar-refractivity contribution < 1.29 is 32.6 Å². The highest BCUT2D eigenvalue weighted by Crippen LogP contribution is 2.26. The number of carboxylic acid groups (broad SMARTS) is 1. The van der Waals surface area contributed by atoms with Crippen LogP contribution in [0, 0.1) is 5.92 Å². The van der Waals surface area contributed by atoms with E-state index in [4.69, 9.17) is 9.47 Å². The first kappa shape index (κ1) is 27.2. The molecule has 38 heavy (non-hydrogen) atoms. The Morgan fingerprint density at radius 1 is 0.947 bits per heavy atom. The highest BCUT2D eigenvalue weighted by atomic mass is 32.2. The van der Waals surface area contributed by atoms with Crippen LogP contribution < -0.4 is 9.46 Å². The number of carbonyl (C=O) groups excluding carboxylic acids is 1. The number of sulfonamides is 1. The number of rotatable bonds is 9. The van der Waals surface area contributed by atoms with Gasteiger partial charge in [0.05, 0.1) is 12.0 Å². The molecule has 1 aliphatic rings. The zero-order valence-electron chi connectivity index (χ0n) is 20.9. The lowest BCUT2D eigenvalue weighted by atomic mass is 9.90. The molecule has 9 nitrogen and oxygen atoms in total. The largest absolute Gasteiger partial charge is 0.497 e. The number of likely N-dealkylation sites (tertiary alicyclic amines) is 1. The Morgan fingerprint density at radius 2 is 1.53 bits per heavy atom. The second-order valence-electron chi connectivity index (χ2n) is 9.05. The van der Waals surface area contributed by atoms with Crippen LogP contribution in [0.1, 0.15) is 18.4 Å². The first-order chi connectivity index (χ1) is 18.3. The standard InChI is InChI=1S/C28H30N2O7S/c1-36-24-11-7-21(8-12-24)22-9-13-25(14-10-22)38(34,35)29-26(27(31)32)23-15-17-30(18-16-23)28(33)37-19-20-5-3-2-4-6-20/h2-14,23,26,29H,15-19H2,1H3,(H,31,32). The van der Waals surface area contributed by atoms with Crippen molar-refractivity contribution >= 4 is 22.1 Å². The van der Waals surface area contributed by atoms with Gasteiger partial charge in [-0.25, -0.2) is 13.2 Å². The van der Waals surface area contributed by atoms with Crippen molar-refractivity contribution in [2.75, 3.05) is 20.2 Å². The van der Waals surface area contributed by atoms with E-state index in [1.165, 1.54) is 17.0 Å². The molecule has 200 valence electrons. The number of carboxylic acids is 1. The van der Waals surface area contributed by atoms with E-state index in [9.17, 15) is 23.1 Å². The zero-order chi connectivity index (χ0) is 27.1. The molecule has 1 saturated heterocycles. The Labute approximate surface area is 222 Å². The number of nitrogens with zero attached hydrogens (tertiary/aromatic N) is 1. The van der Waals surface area contributed by atoms with Crippen LogP contribution in [0.15, 0.2) is 83.8 Å². The first-order valence-electron chi connectivity index (χ1n) is 12.2. The van der Waals surface area contributed by atoms with Gasteiger partial charge in [-0.1, -0.05) is 54.6 Å². The van der Waals surface area contributed by atoms with Crippen LogP contribution in [-0.2, 0) is 26.2 Å². The summed E-state index contributed by atoms with van der Waals surface area (Å²) in [7, 11) is -2.51. The van der Waals surface area contributed by atoms with Crippen LogP contribution in [0.5, 0.6) is 5.75 Å². The molecule has 0 aromatic heterocycles. The fourth-order valence-corrected chi connectivity index (χ4v) is 5.68. The van der Waals surface area contributed by atoms with Gasteiger partial charge in [0, 0.05) is 13.1 Å². The molecule has 0 aliphatic carbocycles. The third kappa shape index (κ3) is 6.70. The minimum Gasteiger partial charge on any atom is -0.497 e. The van der Waals surface area contributed by atoms with Gasteiger partial charge in [-0.2, -0.15) is 4.72 Å². The lowest BCUT2D eigenvalue weighted by Crippen LogP contribution is -2.50. The van der Waals surface area contributed by atoms with Crippen molar-refractivity contribution in [2.24, 2.45) is 5.92 Å². The van der Waals surface area contributed by atoms with Gasteiger partial charge in [0.2, 0.25) is 10.0 Å². The minimum absolute atomic E-state index is 0.0251. The number of hydrogen-bond donors (Lipinski definition) is 2. The topological polar surface area (TPSA) is 122 Å². The molecule has 2 N–H and O–H groups in total. The summed E-state index contributed by atoms with van der Waals surface area (Å²) in [5.74, 6) is -1.01. The lowest BCUT2D eigenvalue weighted by molar-refractivity contribution is -0.140. The van der Waals surface area contributed by atoms with Crippen molar-refractivity contribution in [1.82, 2.24) is 9.62 Å². The normalized spacial score (nSPS) is 15.0. The Morgan fingerprint density at radius 3 is 2.08 bits per heavy atom. The smallest absolute Gasteiger partial charge is 0.410 e. The molecule has 1 fully saturated rings. The van der Waals surface area contributed by atoms with Crippen molar-refractivity contribution in [3.8, 4) is 16.9 Å². The summed E-state index contributed by atoms with van der Waals surface area (Å²) in [6.07, 6.45) is 0.184. The average molecular weight is 539 g/mol. The van der Waals surface area contributed by atoms with Crippen molar-refractivity contribution in [3.63, 3.8) is 0 Å². The molecule has 1 aliphatic heterocycles. The molecule has 1 atom stereocenters. The second-order valence-corrected chi connectivity index (χ2v) is 10.8. The summed E-state index contributed by atoms with van der Waals surface area (Å²) in [4.78, 5) is 26.0. The minimum atomic E-state index is -4.09. The summed E-state index contributed by atoms with van der Waals surface area (Å²) < 4.78 is 39.0. The van der Waals surface area contributed by atoms with Gasteiger partial charge in [0.15, 0.2) is 0 Å². The molecular weight excluding hydrogens is 508 g/mol. The van der Waals surface area contributed by atoms with E-state index in [-0.39, 0.29) is 24.6 Å². The van der Waals surface area contributed by atoms with E-state index in [1.54, 1.807) is 19.2 Å². The molecule has 1 unspecified atom stereocenters. The maximum absolute atomic E-state index is 13.0. The van der Waals surface area contributed by atoms with E-state index in [1.807, 2.05) is 54.6 Å². The van der Waals surface area contributed by atoms with E-state index in [2.05, 4.69) is 4.72 Å². The molecule has 0 radical (unpaired) electrons. The second kappa shape index (κ2) is 12.1. The van der Waals surface area contributed by atoms with Crippen LogP contribution in [-0.4, -0.2) is 56.7 Å².